The van der Waals surface area contributed by atoms with E-state index in [0.29, 0.717) is 30.8 Å². The SMILES string of the molecule is CN(C)C(=O)N1CCN(c2ccc(N3CCN(C(=O)NC4[C@@H]5CC6C[C@H]4CC(O)(C6)C5)c4ccccc43)cc2)CC1. The number of hydrogen-bond acceptors (Lipinski definition) is 5. The molecule has 6 aliphatic rings. The Hall–Kier alpha value is -3.46. The Bertz CT molecular complexity index is 1290. The summed E-state index contributed by atoms with van der Waals surface area (Å²) in [5, 5.41) is 14.4. The van der Waals surface area contributed by atoms with Gasteiger partial charge in [-0.05, 0) is 86.3 Å². The van der Waals surface area contributed by atoms with Gasteiger partial charge in [0.25, 0.3) is 0 Å². The molecule has 9 heteroatoms. The molecule has 1 saturated heterocycles. The molecular formula is C32H42N6O3. The van der Waals surface area contributed by atoms with Crippen molar-refractivity contribution in [3.8, 4) is 0 Å². The number of hydrogen-bond donors (Lipinski definition) is 2. The average Bonchev–Trinajstić information content (AvgIpc) is 2.97. The van der Waals surface area contributed by atoms with Gasteiger partial charge in [0, 0.05) is 70.8 Å². The van der Waals surface area contributed by atoms with Crippen LogP contribution in [0.5, 0.6) is 0 Å². The van der Waals surface area contributed by atoms with Crippen molar-refractivity contribution in [3.63, 3.8) is 0 Å². The van der Waals surface area contributed by atoms with E-state index in [9.17, 15) is 14.7 Å². The molecule has 5 atom stereocenters. The normalized spacial score (nSPS) is 30.3. The lowest BCUT2D eigenvalue weighted by Gasteiger charge is -2.58. The van der Waals surface area contributed by atoms with Crippen molar-refractivity contribution in [2.75, 3.05) is 68.1 Å². The van der Waals surface area contributed by atoms with Crippen molar-refractivity contribution in [1.82, 2.24) is 15.1 Å². The molecule has 3 unspecified atom stereocenters. The molecule has 0 aromatic heterocycles. The van der Waals surface area contributed by atoms with Gasteiger partial charge in [-0.2, -0.15) is 0 Å². The largest absolute Gasteiger partial charge is 0.390 e. The molecule has 5 fully saturated rings. The summed E-state index contributed by atoms with van der Waals surface area (Å²) in [6.45, 7) is 4.41. The van der Waals surface area contributed by atoms with Gasteiger partial charge >= 0.3 is 12.1 Å². The van der Waals surface area contributed by atoms with Gasteiger partial charge in [-0.25, -0.2) is 9.59 Å². The minimum absolute atomic E-state index is 0.0104. The molecule has 4 saturated carbocycles. The Morgan fingerprint density at radius 3 is 2.10 bits per heavy atom. The second-order valence-electron chi connectivity index (χ2n) is 13.1. The maximum Gasteiger partial charge on any atom is 0.322 e. The lowest BCUT2D eigenvalue weighted by atomic mass is 9.52. The molecule has 4 aliphatic carbocycles. The minimum atomic E-state index is -0.495. The number of nitrogens with zero attached hydrogens (tertiary/aromatic N) is 5. The summed E-state index contributed by atoms with van der Waals surface area (Å²) in [5.74, 6) is 1.40. The zero-order chi connectivity index (χ0) is 28.3. The average molecular weight is 559 g/mol. The van der Waals surface area contributed by atoms with Gasteiger partial charge in [0.1, 0.15) is 0 Å². The third kappa shape index (κ3) is 4.78. The molecule has 2 aromatic carbocycles. The number of benzene rings is 2. The Kier molecular flexibility index (Phi) is 6.52. The number of carbonyl (C=O) groups excluding carboxylic acids is 2. The van der Waals surface area contributed by atoms with E-state index in [-0.39, 0.29) is 18.1 Å². The number of para-hydroxylation sites is 2. The zero-order valence-corrected chi connectivity index (χ0v) is 24.2. The fraction of sp³-hybridized carbons (Fsp3) is 0.562. The highest BCUT2D eigenvalue weighted by Crippen LogP contribution is 2.55. The van der Waals surface area contributed by atoms with E-state index in [1.54, 1.807) is 19.0 Å². The number of anilines is 4. The highest BCUT2D eigenvalue weighted by molar-refractivity contribution is 5.98. The Balaban J connectivity index is 1.03. The monoisotopic (exact) mass is 558 g/mol. The van der Waals surface area contributed by atoms with Gasteiger partial charge in [-0.3, -0.25) is 4.90 Å². The third-order valence-corrected chi connectivity index (χ3v) is 10.2. The highest BCUT2D eigenvalue weighted by atomic mass is 16.3. The molecule has 8 rings (SSSR count). The maximum atomic E-state index is 13.7. The number of fused-ring (bicyclic) bond motifs is 1. The van der Waals surface area contributed by atoms with Gasteiger partial charge in [0.05, 0.1) is 17.0 Å². The maximum absolute atomic E-state index is 13.7. The molecule has 2 aliphatic heterocycles. The lowest BCUT2D eigenvalue weighted by molar-refractivity contribution is -0.136. The van der Waals surface area contributed by atoms with Crippen LogP contribution in [-0.4, -0.2) is 92.0 Å². The Morgan fingerprint density at radius 1 is 0.829 bits per heavy atom. The molecule has 218 valence electrons. The molecule has 2 N–H and O–H groups in total. The number of nitrogens with one attached hydrogen (secondary N) is 1. The quantitative estimate of drug-likeness (QED) is 0.593. The molecule has 9 nitrogen and oxygen atoms in total. The van der Waals surface area contributed by atoms with Crippen LogP contribution in [0, 0.1) is 17.8 Å². The van der Waals surface area contributed by atoms with Gasteiger partial charge in [-0.1, -0.05) is 12.1 Å². The summed E-state index contributed by atoms with van der Waals surface area (Å²) in [6, 6.07) is 17.1. The van der Waals surface area contributed by atoms with E-state index in [4.69, 9.17) is 0 Å². The summed E-state index contributed by atoms with van der Waals surface area (Å²) in [6.07, 6.45) is 4.87. The first kappa shape index (κ1) is 26.4. The van der Waals surface area contributed by atoms with Crippen molar-refractivity contribution in [3.05, 3.63) is 48.5 Å². The fourth-order valence-corrected chi connectivity index (χ4v) is 8.56. The first-order chi connectivity index (χ1) is 19.8. The number of urea groups is 2. The number of piperazine rings is 1. The van der Waals surface area contributed by atoms with E-state index in [0.717, 1.165) is 81.0 Å². The van der Waals surface area contributed by atoms with Gasteiger partial charge in [-0.15, -0.1) is 0 Å². The van der Waals surface area contributed by atoms with Crippen LogP contribution in [0.15, 0.2) is 48.5 Å². The van der Waals surface area contributed by atoms with Gasteiger partial charge < -0.3 is 30.0 Å². The summed E-state index contributed by atoms with van der Waals surface area (Å²) in [5.41, 5.74) is 3.75. The van der Waals surface area contributed by atoms with E-state index in [1.807, 2.05) is 28.0 Å². The van der Waals surface area contributed by atoms with Gasteiger partial charge in [0.2, 0.25) is 0 Å². The number of aliphatic hydroxyl groups is 1. The molecule has 2 aromatic rings. The number of amides is 4. The van der Waals surface area contributed by atoms with Crippen LogP contribution in [0.3, 0.4) is 0 Å². The molecule has 0 spiro atoms. The van der Waals surface area contributed by atoms with E-state index in [1.165, 1.54) is 0 Å². The van der Waals surface area contributed by atoms with Crippen molar-refractivity contribution < 1.29 is 14.7 Å². The lowest BCUT2D eigenvalue weighted by Crippen LogP contribution is -2.63. The molecule has 4 bridgehead atoms. The molecule has 4 amide bonds. The van der Waals surface area contributed by atoms with Crippen molar-refractivity contribution in [2.45, 2.75) is 43.7 Å². The summed E-state index contributed by atoms with van der Waals surface area (Å²) < 4.78 is 0. The molecule has 0 radical (unpaired) electrons. The second kappa shape index (κ2) is 10.1. The van der Waals surface area contributed by atoms with Crippen molar-refractivity contribution in [1.29, 1.82) is 0 Å². The number of rotatable bonds is 3. The summed E-state index contributed by atoms with van der Waals surface area (Å²) in [4.78, 5) is 36.1. The van der Waals surface area contributed by atoms with Crippen molar-refractivity contribution >= 4 is 34.8 Å². The molecule has 41 heavy (non-hydrogen) atoms. The smallest absolute Gasteiger partial charge is 0.322 e. The fourth-order valence-electron chi connectivity index (χ4n) is 8.56. The van der Waals surface area contributed by atoms with Crippen LogP contribution in [0.25, 0.3) is 0 Å². The van der Waals surface area contributed by atoms with Crippen LogP contribution in [0.4, 0.5) is 32.3 Å². The zero-order valence-electron chi connectivity index (χ0n) is 24.2. The van der Waals surface area contributed by atoms with E-state index < -0.39 is 5.60 Å². The second-order valence-corrected chi connectivity index (χ2v) is 13.1. The predicted molar refractivity (Wildman–Crippen MR) is 161 cm³/mol. The van der Waals surface area contributed by atoms with Gasteiger partial charge in [0.15, 0.2) is 0 Å². The van der Waals surface area contributed by atoms with E-state index >= 15 is 0 Å². The summed E-state index contributed by atoms with van der Waals surface area (Å²) in [7, 11) is 3.60. The first-order valence-corrected chi connectivity index (χ1v) is 15.3. The standard InChI is InChI=1S/C32H42N6O3/c1-34(2)31(40)36-13-11-35(12-14-36)25-7-9-26(10-8-25)37-15-16-38(28-6-4-3-5-27(28)37)30(39)33-29-23-17-22-18-24(29)21-32(41,19-22)20-23/h3-10,22-24,29,41H,11-21H2,1-2H3,(H,33,39)/t22?,23-,24+,29?,32?. The topological polar surface area (TPSA) is 82.6 Å². The van der Waals surface area contributed by atoms with E-state index in [2.05, 4.69) is 45.4 Å². The Labute approximate surface area is 242 Å². The van der Waals surface area contributed by atoms with Crippen molar-refractivity contribution in [2.24, 2.45) is 17.8 Å². The predicted octanol–water partition coefficient (Wildman–Crippen LogP) is 4.10. The number of carbonyl (C=O) groups is 2. The highest BCUT2D eigenvalue weighted by Gasteiger charge is 2.55. The van der Waals surface area contributed by atoms with Crippen LogP contribution < -0.4 is 20.0 Å². The third-order valence-electron chi connectivity index (χ3n) is 10.2. The Morgan fingerprint density at radius 2 is 1.46 bits per heavy atom. The van der Waals surface area contributed by atoms with Crippen LogP contribution >= 0.6 is 0 Å². The van der Waals surface area contributed by atoms with Crippen LogP contribution in [0.2, 0.25) is 0 Å². The molecular weight excluding hydrogens is 516 g/mol. The van der Waals surface area contributed by atoms with Crippen LogP contribution in [0.1, 0.15) is 32.1 Å². The van der Waals surface area contributed by atoms with Crippen LogP contribution in [-0.2, 0) is 0 Å². The first-order valence-electron chi connectivity index (χ1n) is 15.3. The molecule has 2 heterocycles. The minimum Gasteiger partial charge on any atom is -0.390 e. The summed E-state index contributed by atoms with van der Waals surface area (Å²) >= 11 is 0.